The lowest BCUT2D eigenvalue weighted by Crippen LogP contribution is -2.27. The van der Waals surface area contributed by atoms with E-state index in [0.29, 0.717) is 0 Å². The standard InChI is InChI=1S/C16H26N2O/c1-3-5-10-18(4-2)11-8-14-6-7-16-15(13-14)17-9-12-19-16/h6-7,13,17H,3-5,8-12H2,1-2H3. The summed E-state index contributed by atoms with van der Waals surface area (Å²) < 4.78 is 5.61. The molecular formula is C16H26N2O. The largest absolute Gasteiger partial charge is 0.490 e. The molecule has 1 heterocycles. The van der Waals surface area contributed by atoms with Gasteiger partial charge in [0.05, 0.1) is 5.69 Å². The van der Waals surface area contributed by atoms with Crippen LogP contribution in [0.4, 0.5) is 5.69 Å². The van der Waals surface area contributed by atoms with Crippen LogP contribution in [0.5, 0.6) is 5.75 Å². The summed E-state index contributed by atoms with van der Waals surface area (Å²) in [6, 6.07) is 6.53. The average Bonchev–Trinajstić information content (AvgIpc) is 2.47. The van der Waals surface area contributed by atoms with E-state index in [1.165, 1.54) is 24.9 Å². The number of likely N-dealkylation sites (N-methyl/N-ethyl adjacent to an activating group) is 1. The molecule has 1 N–H and O–H groups in total. The van der Waals surface area contributed by atoms with Crippen molar-refractivity contribution in [2.45, 2.75) is 33.1 Å². The number of ether oxygens (including phenoxy) is 1. The topological polar surface area (TPSA) is 24.5 Å². The Kier molecular flexibility index (Phi) is 5.52. The molecule has 0 unspecified atom stereocenters. The van der Waals surface area contributed by atoms with E-state index in [-0.39, 0.29) is 0 Å². The second-order valence-electron chi connectivity index (χ2n) is 5.14. The molecule has 0 radical (unpaired) electrons. The minimum atomic E-state index is 0.771. The van der Waals surface area contributed by atoms with Crippen molar-refractivity contribution in [2.75, 3.05) is 38.1 Å². The van der Waals surface area contributed by atoms with E-state index in [4.69, 9.17) is 4.74 Å². The summed E-state index contributed by atoms with van der Waals surface area (Å²) in [7, 11) is 0. The average molecular weight is 262 g/mol. The molecule has 0 aliphatic carbocycles. The van der Waals surface area contributed by atoms with Gasteiger partial charge in [-0.3, -0.25) is 0 Å². The van der Waals surface area contributed by atoms with Gasteiger partial charge in [0, 0.05) is 13.1 Å². The van der Waals surface area contributed by atoms with Gasteiger partial charge in [-0.15, -0.1) is 0 Å². The third-order valence-corrected chi connectivity index (χ3v) is 3.71. The third kappa shape index (κ3) is 4.13. The molecule has 3 heteroatoms. The van der Waals surface area contributed by atoms with Crippen LogP contribution in [0.25, 0.3) is 0 Å². The lowest BCUT2D eigenvalue weighted by molar-refractivity contribution is 0.287. The zero-order chi connectivity index (χ0) is 13.5. The molecule has 1 aliphatic rings. The first kappa shape index (κ1) is 14.2. The fraction of sp³-hybridized carbons (Fsp3) is 0.625. The maximum Gasteiger partial charge on any atom is 0.142 e. The molecule has 0 spiro atoms. The highest BCUT2D eigenvalue weighted by atomic mass is 16.5. The van der Waals surface area contributed by atoms with Crippen molar-refractivity contribution in [3.05, 3.63) is 23.8 Å². The van der Waals surface area contributed by atoms with E-state index in [1.54, 1.807) is 0 Å². The van der Waals surface area contributed by atoms with Crippen LogP contribution in [-0.4, -0.2) is 37.7 Å². The summed E-state index contributed by atoms with van der Waals surface area (Å²) in [5, 5.41) is 3.40. The van der Waals surface area contributed by atoms with Crippen LogP contribution < -0.4 is 10.1 Å². The van der Waals surface area contributed by atoms with Crippen LogP contribution in [0.2, 0.25) is 0 Å². The van der Waals surface area contributed by atoms with Gasteiger partial charge in [-0.25, -0.2) is 0 Å². The first-order chi connectivity index (χ1) is 9.33. The van der Waals surface area contributed by atoms with E-state index >= 15 is 0 Å². The summed E-state index contributed by atoms with van der Waals surface area (Å²) in [5.74, 6) is 0.994. The van der Waals surface area contributed by atoms with Crippen LogP contribution in [0.3, 0.4) is 0 Å². The van der Waals surface area contributed by atoms with Gasteiger partial charge in [0.2, 0.25) is 0 Å². The van der Waals surface area contributed by atoms with Gasteiger partial charge in [0.25, 0.3) is 0 Å². The number of anilines is 1. The molecular weight excluding hydrogens is 236 g/mol. The Bertz CT molecular complexity index is 392. The lowest BCUT2D eigenvalue weighted by Gasteiger charge is -2.22. The molecule has 1 aromatic carbocycles. The van der Waals surface area contributed by atoms with E-state index in [2.05, 4.69) is 42.3 Å². The highest BCUT2D eigenvalue weighted by Gasteiger charge is 2.10. The van der Waals surface area contributed by atoms with Crippen LogP contribution in [0.1, 0.15) is 32.3 Å². The SMILES string of the molecule is CCCCN(CC)CCc1ccc2c(c1)NCCO2. The second-order valence-corrected chi connectivity index (χ2v) is 5.14. The molecule has 1 aromatic rings. The number of unbranched alkanes of at least 4 members (excludes halogenated alkanes) is 1. The smallest absolute Gasteiger partial charge is 0.142 e. The Labute approximate surface area is 116 Å². The highest BCUT2D eigenvalue weighted by molar-refractivity contribution is 5.59. The van der Waals surface area contributed by atoms with Crippen LogP contribution in [0.15, 0.2) is 18.2 Å². The number of nitrogens with one attached hydrogen (secondary N) is 1. The van der Waals surface area contributed by atoms with Gasteiger partial charge < -0.3 is 15.0 Å². The zero-order valence-electron chi connectivity index (χ0n) is 12.2. The molecule has 0 bridgehead atoms. The maximum absolute atomic E-state index is 5.61. The minimum absolute atomic E-state index is 0.771. The molecule has 3 nitrogen and oxygen atoms in total. The normalized spacial score (nSPS) is 13.8. The van der Waals surface area contributed by atoms with Crippen LogP contribution in [-0.2, 0) is 6.42 Å². The molecule has 0 amide bonds. The zero-order valence-corrected chi connectivity index (χ0v) is 12.2. The Balaban J connectivity index is 1.88. The van der Waals surface area contributed by atoms with Gasteiger partial charge in [-0.1, -0.05) is 26.3 Å². The predicted molar refractivity (Wildman–Crippen MR) is 81.2 cm³/mol. The van der Waals surface area contributed by atoms with Crippen molar-refractivity contribution >= 4 is 5.69 Å². The Hall–Kier alpha value is -1.22. The van der Waals surface area contributed by atoms with Gasteiger partial charge in [0.15, 0.2) is 0 Å². The Morgan fingerprint density at radius 3 is 2.95 bits per heavy atom. The predicted octanol–water partition coefficient (Wildman–Crippen LogP) is 3.16. The molecule has 1 aliphatic heterocycles. The second kappa shape index (κ2) is 7.39. The van der Waals surface area contributed by atoms with Crippen molar-refractivity contribution in [1.82, 2.24) is 4.90 Å². The van der Waals surface area contributed by atoms with Crippen molar-refractivity contribution in [3.8, 4) is 5.75 Å². The number of benzene rings is 1. The van der Waals surface area contributed by atoms with Gasteiger partial charge in [0.1, 0.15) is 12.4 Å². The van der Waals surface area contributed by atoms with Gasteiger partial charge in [-0.05, 0) is 43.6 Å². The fourth-order valence-corrected chi connectivity index (χ4v) is 2.44. The Morgan fingerprint density at radius 1 is 1.26 bits per heavy atom. The molecule has 0 saturated heterocycles. The van der Waals surface area contributed by atoms with Gasteiger partial charge >= 0.3 is 0 Å². The quantitative estimate of drug-likeness (QED) is 0.817. The van der Waals surface area contributed by atoms with E-state index in [0.717, 1.165) is 44.1 Å². The Morgan fingerprint density at radius 2 is 2.16 bits per heavy atom. The van der Waals surface area contributed by atoms with Crippen molar-refractivity contribution in [1.29, 1.82) is 0 Å². The maximum atomic E-state index is 5.61. The summed E-state index contributed by atoms with van der Waals surface area (Å²) in [4.78, 5) is 2.53. The molecule has 2 rings (SSSR count). The number of fused-ring (bicyclic) bond motifs is 1. The summed E-state index contributed by atoms with van der Waals surface area (Å²) in [5.41, 5.74) is 2.55. The molecule has 19 heavy (non-hydrogen) atoms. The first-order valence-electron chi connectivity index (χ1n) is 7.55. The number of hydrogen-bond donors (Lipinski definition) is 1. The fourth-order valence-electron chi connectivity index (χ4n) is 2.44. The molecule has 106 valence electrons. The number of nitrogens with zero attached hydrogens (tertiary/aromatic N) is 1. The van der Waals surface area contributed by atoms with Crippen molar-refractivity contribution < 1.29 is 4.74 Å². The van der Waals surface area contributed by atoms with Crippen molar-refractivity contribution in [2.24, 2.45) is 0 Å². The summed E-state index contributed by atoms with van der Waals surface area (Å²) >= 11 is 0. The van der Waals surface area contributed by atoms with E-state index in [1.807, 2.05) is 0 Å². The first-order valence-corrected chi connectivity index (χ1v) is 7.55. The number of hydrogen-bond acceptors (Lipinski definition) is 3. The van der Waals surface area contributed by atoms with Crippen LogP contribution in [0, 0.1) is 0 Å². The molecule has 0 fully saturated rings. The highest BCUT2D eigenvalue weighted by Crippen LogP contribution is 2.28. The van der Waals surface area contributed by atoms with E-state index in [9.17, 15) is 0 Å². The molecule has 0 atom stereocenters. The number of rotatable bonds is 7. The monoisotopic (exact) mass is 262 g/mol. The molecule has 0 aromatic heterocycles. The third-order valence-electron chi connectivity index (χ3n) is 3.71. The van der Waals surface area contributed by atoms with Crippen LogP contribution >= 0.6 is 0 Å². The van der Waals surface area contributed by atoms with Gasteiger partial charge in [-0.2, -0.15) is 0 Å². The minimum Gasteiger partial charge on any atom is -0.490 e. The van der Waals surface area contributed by atoms with Crippen molar-refractivity contribution in [3.63, 3.8) is 0 Å². The molecule has 0 saturated carbocycles. The summed E-state index contributed by atoms with van der Waals surface area (Å²) in [6.07, 6.45) is 3.69. The summed E-state index contributed by atoms with van der Waals surface area (Å²) in [6.45, 7) is 9.70. The van der Waals surface area contributed by atoms with E-state index < -0.39 is 0 Å². The lowest BCUT2D eigenvalue weighted by atomic mass is 10.1.